The first-order valence-electron chi connectivity index (χ1n) is 9.96. The minimum absolute atomic E-state index is 0.158. The molecule has 2 aliphatic rings. The molecule has 0 radical (unpaired) electrons. The molecule has 1 N–H and O–H groups in total. The molecule has 1 saturated heterocycles. The molecule has 0 aromatic heterocycles. The van der Waals surface area contributed by atoms with Crippen LogP contribution in [0.25, 0.3) is 6.08 Å². The van der Waals surface area contributed by atoms with E-state index in [0.717, 1.165) is 28.6 Å². The Hall–Kier alpha value is -3.46. The van der Waals surface area contributed by atoms with Crippen molar-refractivity contribution in [2.45, 2.75) is 13.0 Å². The smallest absolute Gasteiger partial charge is 0.294 e. The van der Waals surface area contributed by atoms with Crippen molar-refractivity contribution in [2.24, 2.45) is 0 Å². The number of imide groups is 1. The number of aromatic hydroxyl groups is 1. The monoisotopic (exact) mass is 454 g/mol. The van der Waals surface area contributed by atoms with Crippen molar-refractivity contribution >= 4 is 34.9 Å². The van der Waals surface area contributed by atoms with Crippen LogP contribution in [0.2, 0.25) is 0 Å². The maximum absolute atomic E-state index is 12.8. The van der Waals surface area contributed by atoms with Crippen LogP contribution in [0, 0.1) is 0 Å². The Morgan fingerprint density at radius 2 is 1.78 bits per heavy atom. The van der Waals surface area contributed by atoms with E-state index in [2.05, 4.69) is 0 Å². The molecule has 0 saturated carbocycles. The van der Waals surface area contributed by atoms with Gasteiger partial charge in [-0.15, -0.1) is 0 Å². The van der Waals surface area contributed by atoms with Crippen LogP contribution in [0.1, 0.15) is 16.7 Å². The number of fused-ring (bicyclic) bond motifs is 1. The second-order valence-corrected chi connectivity index (χ2v) is 8.37. The van der Waals surface area contributed by atoms with E-state index in [1.54, 1.807) is 4.90 Å². The molecular formula is C23H22N2O6S. The average molecular weight is 455 g/mol. The first kappa shape index (κ1) is 21.8. The fourth-order valence-electron chi connectivity index (χ4n) is 3.73. The lowest BCUT2D eigenvalue weighted by Crippen LogP contribution is -2.44. The summed E-state index contributed by atoms with van der Waals surface area (Å²) in [6.07, 6.45) is 2.26. The van der Waals surface area contributed by atoms with Crippen LogP contribution in [-0.2, 0) is 22.6 Å². The molecule has 2 aromatic carbocycles. The van der Waals surface area contributed by atoms with Crippen LogP contribution in [0.4, 0.5) is 4.79 Å². The lowest BCUT2D eigenvalue weighted by Gasteiger charge is -2.29. The minimum Gasteiger partial charge on any atom is -0.502 e. The van der Waals surface area contributed by atoms with E-state index in [9.17, 15) is 19.5 Å². The molecule has 1 fully saturated rings. The fourth-order valence-corrected chi connectivity index (χ4v) is 4.57. The van der Waals surface area contributed by atoms with Gasteiger partial charge < -0.3 is 19.5 Å². The number of thioether (sulfide) groups is 1. The molecule has 32 heavy (non-hydrogen) atoms. The van der Waals surface area contributed by atoms with Crippen molar-refractivity contribution in [3.63, 3.8) is 0 Å². The van der Waals surface area contributed by atoms with Gasteiger partial charge >= 0.3 is 0 Å². The summed E-state index contributed by atoms with van der Waals surface area (Å²) in [5, 5.41) is 9.55. The molecule has 0 unspecified atom stereocenters. The zero-order chi connectivity index (χ0) is 22.8. The Bertz CT molecular complexity index is 1100. The van der Waals surface area contributed by atoms with Gasteiger partial charge in [-0.3, -0.25) is 19.3 Å². The number of ether oxygens (including phenoxy) is 2. The van der Waals surface area contributed by atoms with Gasteiger partial charge in [-0.25, -0.2) is 0 Å². The molecule has 4 rings (SSSR count). The molecule has 9 heteroatoms. The summed E-state index contributed by atoms with van der Waals surface area (Å²) < 4.78 is 10.3. The molecule has 166 valence electrons. The molecule has 0 bridgehead atoms. The number of amides is 3. The maximum Gasteiger partial charge on any atom is 0.294 e. The highest BCUT2D eigenvalue weighted by atomic mass is 32.2. The van der Waals surface area contributed by atoms with Gasteiger partial charge in [-0.2, -0.15) is 0 Å². The molecule has 0 atom stereocenters. The third kappa shape index (κ3) is 4.16. The Labute approximate surface area is 189 Å². The lowest BCUT2D eigenvalue weighted by atomic mass is 10.00. The van der Waals surface area contributed by atoms with Crippen molar-refractivity contribution in [3.05, 3.63) is 58.0 Å². The van der Waals surface area contributed by atoms with Crippen LogP contribution < -0.4 is 9.47 Å². The Balaban J connectivity index is 1.49. The van der Waals surface area contributed by atoms with E-state index < -0.39 is 11.1 Å². The predicted octanol–water partition coefficient (Wildman–Crippen LogP) is 3.03. The summed E-state index contributed by atoms with van der Waals surface area (Å²) in [4.78, 5) is 41.0. The first-order valence-corrected chi connectivity index (χ1v) is 10.8. The van der Waals surface area contributed by atoms with Crippen LogP contribution >= 0.6 is 11.8 Å². The summed E-state index contributed by atoms with van der Waals surface area (Å²) in [6.45, 7) is 0.718. The molecule has 0 aliphatic carbocycles. The number of phenols is 1. The molecule has 2 aliphatic heterocycles. The summed E-state index contributed by atoms with van der Waals surface area (Å²) >= 11 is 0.769. The number of hydrogen-bond donors (Lipinski definition) is 1. The fraction of sp³-hybridized carbons (Fsp3) is 0.261. The van der Waals surface area contributed by atoms with Crippen molar-refractivity contribution in [2.75, 3.05) is 27.3 Å². The first-order chi connectivity index (χ1) is 15.4. The largest absolute Gasteiger partial charge is 0.502 e. The summed E-state index contributed by atoms with van der Waals surface area (Å²) in [5.41, 5.74) is 2.81. The quantitative estimate of drug-likeness (QED) is 0.694. The van der Waals surface area contributed by atoms with Crippen molar-refractivity contribution < 1.29 is 29.0 Å². The second-order valence-electron chi connectivity index (χ2n) is 7.38. The van der Waals surface area contributed by atoms with E-state index >= 15 is 0 Å². The molecular weight excluding hydrogens is 432 g/mol. The molecule has 3 amide bonds. The standard InChI is InChI=1S/C23H22N2O6S/c1-30-17-9-14(10-18(31-2)21(17)27)11-19-22(28)25(23(29)32-19)13-20(26)24-8-7-15-5-3-4-6-16(15)12-24/h3-6,9-11,27H,7-8,12-13H2,1-2H3/b19-11+. The number of phenolic OH excluding ortho intramolecular Hbond substituents is 1. The molecule has 2 aromatic rings. The Morgan fingerprint density at radius 3 is 2.44 bits per heavy atom. The van der Waals surface area contributed by atoms with Gasteiger partial charge in [-0.1, -0.05) is 24.3 Å². The van der Waals surface area contributed by atoms with Crippen molar-refractivity contribution in [1.29, 1.82) is 0 Å². The number of carbonyl (C=O) groups excluding carboxylic acids is 3. The van der Waals surface area contributed by atoms with Gasteiger partial charge in [0.15, 0.2) is 11.5 Å². The van der Waals surface area contributed by atoms with Crippen molar-refractivity contribution in [1.82, 2.24) is 9.80 Å². The van der Waals surface area contributed by atoms with E-state index in [-0.39, 0.29) is 34.6 Å². The zero-order valence-corrected chi connectivity index (χ0v) is 18.5. The highest BCUT2D eigenvalue weighted by molar-refractivity contribution is 8.18. The summed E-state index contributed by atoms with van der Waals surface area (Å²) in [6, 6.07) is 11.0. The van der Waals surface area contributed by atoms with E-state index in [1.807, 2.05) is 24.3 Å². The molecule has 8 nitrogen and oxygen atoms in total. The Kier molecular flexibility index (Phi) is 6.09. The molecule has 0 spiro atoms. The number of benzene rings is 2. The third-order valence-corrected chi connectivity index (χ3v) is 6.36. The van der Waals surface area contributed by atoms with Gasteiger partial charge in [0.2, 0.25) is 11.7 Å². The highest BCUT2D eigenvalue weighted by Gasteiger charge is 2.37. The average Bonchev–Trinajstić information content (AvgIpc) is 3.06. The van der Waals surface area contributed by atoms with Crippen LogP contribution in [0.5, 0.6) is 17.2 Å². The Morgan fingerprint density at radius 1 is 1.12 bits per heavy atom. The van der Waals surface area contributed by atoms with Crippen molar-refractivity contribution in [3.8, 4) is 17.2 Å². The maximum atomic E-state index is 12.8. The van der Waals surface area contributed by atoms with Crippen LogP contribution in [-0.4, -0.2) is 59.3 Å². The van der Waals surface area contributed by atoms with E-state index in [4.69, 9.17) is 9.47 Å². The van der Waals surface area contributed by atoms with E-state index in [1.165, 1.54) is 38.0 Å². The SMILES string of the molecule is COc1cc(/C=C2/SC(=O)N(CC(=O)N3CCc4ccccc4C3)C2=O)cc(OC)c1O. The van der Waals surface area contributed by atoms with Crippen LogP contribution in [0.3, 0.4) is 0 Å². The molecule has 2 heterocycles. The number of nitrogens with zero attached hydrogens (tertiary/aromatic N) is 2. The minimum atomic E-state index is -0.531. The van der Waals surface area contributed by atoms with Gasteiger partial charge in [0.1, 0.15) is 6.54 Å². The predicted molar refractivity (Wildman–Crippen MR) is 119 cm³/mol. The summed E-state index contributed by atoms with van der Waals surface area (Å²) in [7, 11) is 2.80. The number of rotatable bonds is 5. The third-order valence-electron chi connectivity index (χ3n) is 5.45. The summed E-state index contributed by atoms with van der Waals surface area (Å²) in [5.74, 6) is -0.604. The highest BCUT2D eigenvalue weighted by Crippen LogP contribution is 2.39. The number of methoxy groups -OCH3 is 2. The van der Waals surface area contributed by atoms with Gasteiger partial charge in [0.05, 0.1) is 19.1 Å². The number of carbonyl (C=O) groups is 3. The van der Waals surface area contributed by atoms with E-state index in [0.29, 0.717) is 18.7 Å². The normalized spacial score (nSPS) is 17.0. The second kappa shape index (κ2) is 8.96. The lowest BCUT2D eigenvalue weighted by molar-refractivity contribution is -0.136. The van der Waals surface area contributed by atoms with Gasteiger partial charge in [0.25, 0.3) is 11.1 Å². The number of hydrogen-bond acceptors (Lipinski definition) is 7. The zero-order valence-electron chi connectivity index (χ0n) is 17.7. The topological polar surface area (TPSA) is 96.4 Å². The van der Waals surface area contributed by atoms with Gasteiger partial charge in [0, 0.05) is 13.1 Å². The van der Waals surface area contributed by atoms with Crippen LogP contribution in [0.15, 0.2) is 41.3 Å². The van der Waals surface area contributed by atoms with Gasteiger partial charge in [-0.05, 0) is 53.1 Å².